The Morgan fingerprint density at radius 3 is 2.06 bits per heavy atom. The first kappa shape index (κ1) is 15.3. The first-order chi connectivity index (χ1) is 34.6. The van der Waals surface area contributed by atoms with Crippen LogP contribution in [0, 0.1) is 0 Å². The van der Waals surface area contributed by atoms with E-state index in [2.05, 4.69) is 9.97 Å². The lowest BCUT2D eigenvalue weighted by Gasteiger charge is -2.08. The number of benzene rings is 7. The van der Waals surface area contributed by atoms with Crippen LogP contribution in [0.4, 0.5) is 0 Å². The smallest absolute Gasteiger partial charge is 0.197 e. The first-order valence-electron chi connectivity index (χ1n) is 26.0. The Hall–Kier alpha value is -6.96. The quantitative estimate of drug-likeness (QED) is 0.179. The average molecular weight is 717 g/mol. The van der Waals surface area contributed by atoms with Crippen molar-refractivity contribution in [1.29, 1.82) is 0 Å². The highest BCUT2D eigenvalue weighted by Gasteiger charge is 2.23. The molecule has 0 N–H and O–H groups in total. The van der Waals surface area contributed by atoms with Crippen molar-refractivity contribution in [2.24, 2.45) is 0 Å². The van der Waals surface area contributed by atoms with Crippen LogP contribution in [0.3, 0.4) is 0 Å². The zero-order valence-corrected chi connectivity index (χ0v) is 27.1. The van der Waals surface area contributed by atoms with Crippen LogP contribution in [0.1, 0.15) is 27.4 Å². The van der Waals surface area contributed by atoms with Crippen LogP contribution < -0.4 is 0 Å². The second kappa shape index (κ2) is 9.88. The molecular formula is C46H24N4O2S. The summed E-state index contributed by atoms with van der Waals surface area (Å²) in [5, 5.41) is -0.306. The number of para-hydroxylation sites is 3. The Morgan fingerprint density at radius 2 is 1.19 bits per heavy atom. The summed E-state index contributed by atoms with van der Waals surface area (Å²) in [5.41, 5.74) is -0.770. The summed E-state index contributed by atoms with van der Waals surface area (Å²) in [6.07, 6.45) is 1.13. The third-order valence-electron chi connectivity index (χ3n) is 9.62. The maximum absolute atomic E-state index is 9.52. The number of rotatable bonds is 2. The molecule has 246 valence electrons. The lowest BCUT2D eigenvalue weighted by Crippen LogP contribution is -1.98. The number of nitrogens with zero attached hydrogens (tertiary/aromatic N) is 4. The van der Waals surface area contributed by atoms with Crippen LogP contribution in [0.2, 0.25) is 0 Å². The molecule has 7 aromatic carbocycles. The highest BCUT2D eigenvalue weighted by molar-refractivity contribution is 7.26. The monoisotopic (exact) mass is 716 g/mol. The Morgan fingerprint density at radius 1 is 0.509 bits per heavy atom. The molecule has 6 heterocycles. The molecule has 0 aliphatic carbocycles. The SMILES string of the molecule is [2H]c1c([2H])c([2H])c2c(oc3c2c([2H])c([2H])c2c3c3c([2H])c([2H])c([2H])c([2H])c3n2-c2ncnc3c2oc2ccc(-n4c5c([2H])c([2H])c([2H])c([2H])c5c5c6sc7c([2H])c([2H])c([2H])c([2H])c7c6c([2H])c([2H])c54)cc23)c1[2H]. The molecule has 0 amide bonds. The van der Waals surface area contributed by atoms with Crippen molar-refractivity contribution in [3.8, 4) is 11.5 Å². The van der Waals surface area contributed by atoms with Gasteiger partial charge in [-0.3, -0.25) is 4.57 Å². The molecule has 6 nitrogen and oxygen atoms in total. The van der Waals surface area contributed by atoms with Gasteiger partial charge in [0.2, 0.25) is 0 Å². The summed E-state index contributed by atoms with van der Waals surface area (Å²) in [5.74, 6) is -0.167. The van der Waals surface area contributed by atoms with Crippen molar-refractivity contribution in [2.75, 3.05) is 0 Å². The van der Waals surface area contributed by atoms with Gasteiger partial charge in [-0.25, -0.2) is 9.97 Å². The predicted molar refractivity (Wildman–Crippen MR) is 218 cm³/mol. The molecule has 0 bridgehead atoms. The average Bonchev–Trinajstić information content (AvgIpc) is 4.21. The molecule has 0 spiro atoms. The van der Waals surface area contributed by atoms with Crippen LogP contribution in [-0.2, 0) is 0 Å². The van der Waals surface area contributed by atoms with E-state index >= 15 is 0 Å². The van der Waals surface area contributed by atoms with Crippen molar-refractivity contribution in [2.45, 2.75) is 0 Å². The van der Waals surface area contributed by atoms with Gasteiger partial charge in [-0.2, -0.15) is 0 Å². The molecule has 7 heteroatoms. The maximum atomic E-state index is 9.52. The number of thiophene rings is 1. The Kier molecular flexibility index (Phi) is 2.86. The van der Waals surface area contributed by atoms with Crippen molar-refractivity contribution >= 4 is 119 Å². The molecule has 0 aliphatic heterocycles. The van der Waals surface area contributed by atoms with Crippen molar-refractivity contribution in [3.05, 3.63) is 145 Å². The zero-order valence-electron chi connectivity index (χ0n) is 46.3. The summed E-state index contributed by atoms with van der Waals surface area (Å²) in [6.45, 7) is 0. The van der Waals surface area contributed by atoms with E-state index in [-0.39, 0.29) is 125 Å². The third kappa shape index (κ3) is 3.52. The fourth-order valence-corrected chi connectivity index (χ4v) is 8.58. The van der Waals surface area contributed by atoms with Crippen LogP contribution in [0.25, 0.3) is 119 Å². The largest absolute Gasteiger partial charge is 0.455 e. The Labute approximate surface area is 331 Å². The van der Waals surface area contributed by atoms with Crippen LogP contribution in [0.15, 0.2) is 154 Å². The Balaban J connectivity index is 1.15. The number of aromatic nitrogens is 4. The van der Waals surface area contributed by atoms with Gasteiger partial charge in [-0.05, 0) is 60.5 Å². The molecule has 53 heavy (non-hydrogen) atoms. The molecule has 6 aromatic heterocycles. The van der Waals surface area contributed by atoms with E-state index in [9.17, 15) is 9.60 Å². The molecule has 0 saturated heterocycles. The van der Waals surface area contributed by atoms with Crippen LogP contribution >= 0.6 is 11.3 Å². The van der Waals surface area contributed by atoms with Gasteiger partial charge in [0.15, 0.2) is 11.4 Å². The minimum atomic E-state index is -0.664. The van der Waals surface area contributed by atoms with Crippen molar-refractivity contribution in [3.63, 3.8) is 0 Å². The topological polar surface area (TPSA) is 61.9 Å². The highest BCUT2D eigenvalue weighted by atomic mass is 32.1. The summed E-state index contributed by atoms with van der Waals surface area (Å²) in [7, 11) is 0. The number of fused-ring (bicyclic) bond motifs is 17. The molecule has 0 aliphatic rings. The summed E-state index contributed by atoms with van der Waals surface area (Å²) >= 11 is 0.918. The van der Waals surface area contributed by atoms with Gasteiger partial charge in [0.25, 0.3) is 0 Å². The maximum Gasteiger partial charge on any atom is 0.197 e. The van der Waals surface area contributed by atoms with E-state index in [1.54, 1.807) is 6.07 Å². The second-order valence-electron chi connectivity index (χ2n) is 12.2. The van der Waals surface area contributed by atoms with E-state index < -0.39 is 115 Å². The Bertz CT molecular complexity index is 4880. The van der Waals surface area contributed by atoms with Gasteiger partial charge in [0, 0.05) is 58.2 Å². The minimum absolute atomic E-state index is 0.00157. The molecule has 0 unspecified atom stereocenters. The fraction of sp³-hybridized carbons (Fsp3) is 0. The summed E-state index contributed by atoms with van der Waals surface area (Å²) in [6, 6.07) is -6.21. The molecule has 0 saturated carbocycles. The first-order valence-corrected chi connectivity index (χ1v) is 16.8. The van der Waals surface area contributed by atoms with Gasteiger partial charge < -0.3 is 13.4 Å². The minimum Gasteiger partial charge on any atom is -0.455 e. The van der Waals surface area contributed by atoms with Crippen molar-refractivity contribution in [1.82, 2.24) is 19.1 Å². The summed E-state index contributed by atoms with van der Waals surface area (Å²) in [4.78, 5) is 9.08. The molecule has 13 aromatic rings. The van der Waals surface area contributed by atoms with Gasteiger partial charge >= 0.3 is 0 Å². The third-order valence-corrected chi connectivity index (χ3v) is 10.7. The second-order valence-corrected chi connectivity index (χ2v) is 13.3. The van der Waals surface area contributed by atoms with Crippen LogP contribution in [0.5, 0.6) is 0 Å². The lowest BCUT2D eigenvalue weighted by atomic mass is 10.1. The van der Waals surface area contributed by atoms with Gasteiger partial charge in [0.1, 0.15) is 28.6 Å². The fourth-order valence-electron chi connectivity index (χ4n) is 7.47. The number of hydrogen-bond donors (Lipinski definition) is 0. The van der Waals surface area contributed by atoms with Gasteiger partial charge in [0.05, 0.1) is 54.9 Å². The van der Waals surface area contributed by atoms with Gasteiger partial charge in [-0.15, -0.1) is 11.3 Å². The molecular weight excluding hydrogens is 673 g/mol. The van der Waals surface area contributed by atoms with E-state index in [1.165, 1.54) is 21.3 Å². The van der Waals surface area contributed by atoms with E-state index in [4.69, 9.17) is 26.7 Å². The normalized spacial score (nSPS) is 17.8. The van der Waals surface area contributed by atoms with Crippen LogP contribution in [-0.4, -0.2) is 19.1 Å². The van der Waals surface area contributed by atoms with E-state index in [0.29, 0.717) is 0 Å². The molecule has 0 radical (unpaired) electrons. The molecule has 13 rings (SSSR count). The molecule has 0 fully saturated rings. The van der Waals surface area contributed by atoms with Crippen molar-refractivity contribution < 1.29 is 36.2 Å². The van der Waals surface area contributed by atoms with E-state index in [0.717, 1.165) is 17.7 Å². The predicted octanol–water partition coefficient (Wildman–Crippen LogP) is 12.8. The standard InChI is InChI=1S/C46H24N4O2S/c1-6-14-34-30(11-1)40-35(20-18-28-26-9-3-7-15-37(26)51-43(28)40)50(34)46-44-42(47-24-48-46)32-23-25(17-22-38(32)52-44)49-33-13-5-2-12-31(33)41-36(49)21-19-29-27-10-4-8-16-39(27)53-45(29)41/h1-24H/i1D,2D,3D,4D,5D,6D,7D,8D,9D,10D,11D,12D,13D,14D,15D,16D,18D,19D,20D,21D. The number of furan rings is 2. The lowest BCUT2D eigenvalue weighted by molar-refractivity contribution is 0.662. The zero-order chi connectivity index (χ0) is 51.8. The highest BCUT2D eigenvalue weighted by Crippen LogP contribution is 2.45. The summed E-state index contributed by atoms with van der Waals surface area (Å²) < 4.78 is 193. The molecule has 0 atom stereocenters. The number of hydrogen-bond acceptors (Lipinski definition) is 5. The van der Waals surface area contributed by atoms with E-state index in [1.807, 2.05) is 0 Å². The van der Waals surface area contributed by atoms with Gasteiger partial charge in [-0.1, -0.05) is 78.6 Å².